The topological polar surface area (TPSA) is 132 Å². The van der Waals surface area contributed by atoms with Crippen molar-refractivity contribution in [3.63, 3.8) is 0 Å². The Balaban J connectivity index is 1.10. The van der Waals surface area contributed by atoms with Gasteiger partial charge < -0.3 is 20.4 Å². The van der Waals surface area contributed by atoms with E-state index in [1.165, 1.54) is 0 Å². The van der Waals surface area contributed by atoms with E-state index in [1.54, 1.807) is 58.6 Å². The molecule has 0 spiro atoms. The third-order valence-electron chi connectivity index (χ3n) is 9.02. The minimum Gasteiger partial charge on any atom is -0.334 e. The van der Waals surface area contributed by atoms with Crippen LogP contribution in [-0.4, -0.2) is 52.1 Å². The molecule has 47 heavy (non-hydrogen) atoms. The van der Waals surface area contributed by atoms with Crippen molar-refractivity contribution in [2.45, 2.75) is 38.4 Å². The first-order chi connectivity index (χ1) is 22.9. The Kier molecular flexibility index (Phi) is 7.95. The lowest BCUT2D eigenvalue weighted by atomic mass is 10.0. The summed E-state index contributed by atoms with van der Waals surface area (Å²) in [7, 11) is 0. The number of nitrogens with zero attached hydrogens (tertiary/aromatic N) is 4. The summed E-state index contributed by atoms with van der Waals surface area (Å²) in [6, 6.07) is 24.0. The normalized spacial score (nSPS) is 18.4. The number of nitrogens with one attached hydrogen (secondary N) is 2. The number of carbonyl (C=O) groups is 5. The van der Waals surface area contributed by atoms with Crippen molar-refractivity contribution in [3.05, 3.63) is 120 Å². The van der Waals surface area contributed by atoms with Gasteiger partial charge >= 0.3 is 6.03 Å². The minimum atomic E-state index is -0.494. The third-order valence-corrected chi connectivity index (χ3v) is 9.02. The molecule has 0 unspecified atom stereocenters. The van der Waals surface area contributed by atoms with E-state index in [2.05, 4.69) is 15.6 Å². The zero-order valence-electron chi connectivity index (χ0n) is 25.5. The zero-order valence-corrected chi connectivity index (χ0v) is 25.5. The molecule has 3 aromatic carbocycles. The molecule has 0 saturated heterocycles. The lowest BCUT2D eigenvalue weighted by Crippen LogP contribution is -2.49. The predicted octanol–water partition coefficient (Wildman–Crippen LogP) is 4.75. The molecule has 2 atom stereocenters. The van der Waals surface area contributed by atoms with Crippen molar-refractivity contribution in [1.82, 2.24) is 15.2 Å². The number of hydrogen-bond acceptors (Lipinski definition) is 6. The van der Waals surface area contributed by atoms with Crippen molar-refractivity contribution in [2.24, 2.45) is 5.92 Å². The number of rotatable bonds is 7. The van der Waals surface area contributed by atoms with Gasteiger partial charge in [-0.1, -0.05) is 42.8 Å². The van der Waals surface area contributed by atoms with Gasteiger partial charge in [-0.25, -0.2) is 4.79 Å². The Bertz CT molecular complexity index is 1840. The molecule has 6 amide bonds. The lowest BCUT2D eigenvalue weighted by Gasteiger charge is -2.31. The fraction of sp³-hybridized carbons (Fsp3) is 0.222. The first kappa shape index (κ1) is 29.8. The van der Waals surface area contributed by atoms with E-state index in [0.717, 1.165) is 22.4 Å². The van der Waals surface area contributed by atoms with Gasteiger partial charge in [0.25, 0.3) is 11.8 Å². The summed E-state index contributed by atoms with van der Waals surface area (Å²) < 4.78 is 0. The van der Waals surface area contributed by atoms with Gasteiger partial charge in [-0.15, -0.1) is 0 Å². The molecule has 0 radical (unpaired) electrons. The first-order valence-corrected chi connectivity index (χ1v) is 15.6. The highest BCUT2D eigenvalue weighted by Crippen LogP contribution is 2.43. The van der Waals surface area contributed by atoms with Crippen molar-refractivity contribution in [1.29, 1.82) is 0 Å². The second-order valence-corrected chi connectivity index (χ2v) is 11.9. The van der Waals surface area contributed by atoms with E-state index in [1.807, 2.05) is 48.5 Å². The average Bonchev–Trinajstić information content (AvgIpc) is 3.64. The molecule has 7 rings (SSSR count). The Morgan fingerprint density at radius 1 is 0.745 bits per heavy atom. The average molecular weight is 629 g/mol. The Morgan fingerprint density at radius 3 is 2.11 bits per heavy atom. The van der Waals surface area contributed by atoms with Crippen LogP contribution < -0.4 is 20.4 Å². The number of amides is 6. The van der Waals surface area contributed by atoms with Crippen LogP contribution in [0.5, 0.6) is 0 Å². The summed E-state index contributed by atoms with van der Waals surface area (Å²) in [5, 5.41) is 5.64. The van der Waals surface area contributed by atoms with E-state index in [-0.39, 0.29) is 29.6 Å². The summed E-state index contributed by atoms with van der Waals surface area (Å²) in [6.07, 6.45) is 5.37. The largest absolute Gasteiger partial charge is 0.334 e. The highest BCUT2D eigenvalue weighted by atomic mass is 16.2. The van der Waals surface area contributed by atoms with Crippen LogP contribution in [0.2, 0.25) is 0 Å². The number of urea groups is 1. The smallest absolute Gasteiger partial charge is 0.319 e. The second kappa shape index (κ2) is 12.5. The quantitative estimate of drug-likeness (QED) is 0.284. The Morgan fingerprint density at radius 2 is 1.40 bits per heavy atom. The summed E-state index contributed by atoms with van der Waals surface area (Å²) >= 11 is 0. The van der Waals surface area contributed by atoms with Crippen LogP contribution in [-0.2, 0) is 22.7 Å². The molecule has 11 heteroatoms. The predicted molar refractivity (Wildman–Crippen MR) is 175 cm³/mol. The molecule has 1 aliphatic carbocycles. The molecule has 11 nitrogen and oxygen atoms in total. The number of fused-ring (bicyclic) bond motifs is 3. The molecule has 0 bridgehead atoms. The van der Waals surface area contributed by atoms with Gasteiger partial charge in [-0.3, -0.25) is 29.1 Å². The van der Waals surface area contributed by atoms with Gasteiger partial charge in [0.05, 0.1) is 35.0 Å². The van der Waals surface area contributed by atoms with E-state index in [0.29, 0.717) is 36.4 Å². The molecule has 3 aliphatic rings. The molecule has 1 saturated carbocycles. The van der Waals surface area contributed by atoms with Gasteiger partial charge in [0.15, 0.2) is 0 Å². The fourth-order valence-electron chi connectivity index (χ4n) is 6.74. The molecule has 236 valence electrons. The summed E-state index contributed by atoms with van der Waals surface area (Å²) in [5.74, 6) is -1.90. The summed E-state index contributed by atoms with van der Waals surface area (Å²) in [5.41, 5.74) is 4.10. The Hall–Kier alpha value is -5.84. The molecule has 2 aliphatic heterocycles. The second-order valence-electron chi connectivity index (χ2n) is 11.9. The zero-order chi connectivity index (χ0) is 32.5. The lowest BCUT2D eigenvalue weighted by molar-refractivity contribution is -0.123. The summed E-state index contributed by atoms with van der Waals surface area (Å²) in [6.45, 7) is 0.208. The van der Waals surface area contributed by atoms with Crippen LogP contribution in [0.4, 0.5) is 21.9 Å². The van der Waals surface area contributed by atoms with Gasteiger partial charge in [0.2, 0.25) is 11.8 Å². The van der Waals surface area contributed by atoms with E-state index in [9.17, 15) is 24.0 Å². The number of carbonyl (C=O) groups excluding carboxylic acids is 5. The highest BCUT2D eigenvalue weighted by Gasteiger charge is 2.47. The SMILES string of the molecule is O=C(NCc1ccncc1)Nc1ccc(CN2C(=O)[C@H]3CCC[C@H]3N(C(=O)CN3C(=O)c4ccccc4C3=O)c3ccccc32)cc1. The molecular weight excluding hydrogens is 596 g/mol. The van der Waals surface area contributed by atoms with Gasteiger partial charge in [-0.2, -0.15) is 0 Å². The molecule has 1 aromatic heterocycles. The number of imide groups is 1. The standard InChI is InChI=1S/C36H32N6O5/c43-32(22-41-33(44)26-6-1-2-7-27(26)34(41)45)42-29-11-5-8-28(29)35(46)40(30-9-3-4-10-31(30)42)21-24-12-14-25(15-13-24)39-36(47)38-20-23-16-18-37-19-17-23/h1-4,6-7,9-10,12-19,28-29H,5,8,11,20-22H2,(H2,38,39,47)/t28-,29+/m0/s1. The highest BCUT2D eigenvalue weighted by molar-refractivity contribution is 6.23. The maximum Gasteiger partial charge on any atom is 0.319 e. The van der Waals surface area contributed by atoms with Crippen molar-refractivity contribution in [3.8, 4) is 0 Å². The van der Waals surface area contributed by atoms with Crippen LogP contribution in [0.15, 0.2) is 97.3 Å². The fourth-order valence-corrected chi connectivity index (χ4v) is 6.74. The molecular formula is C36H32N6O5. The number of hydrogen-bond donors (Lipinski definition) is 2. The summed E-state index contributed by atoms with van der Waals surface area (Å²) in [4.78, 5) is 75.2. The first-order valence-electron chi connectivity index (χ1n) is 15.6. The molecule has 4 aromatic rings. The van der Waals surface area contributed by atoms with E-state index in [4.69, 9.17) is 0 Å². The monoisotopic (exact) mass is 628 g/mol. The van der Waals surface area contributed by atoms with Crippen molar-refractivity contribution >= 4 is 46.7 Å². The third kappa shape index (κ3) is 5.71. The van der Waals surface area contributed by atoms with E-state index < -0.39 is 36.2 Å². The number of pyridine rings is 1. The maximum atomic E-state index is 14.2. The minimum absolute atomic E-state index is 0.0753. The van der Waals surface area contributed by atoms with Crippen LogP contribution in [0, 0.1) is 5.92 Å². The van der Waals surface area contributed by atoms with E-state index >= 15 is 0 Å². The van der Waals surface area contributed by atoms with Crippen molar-refractivity contribution in [2.75, 3.05) is 21.7 Å². The van der Waals surface area contributed by atoms with Gasteiger partial charge in [-0.05, 0) is 72.5 Å². The number of aromatic nitrogens is 1. The number of anilines is 3. The van der Waals surface area contributed by atoms with Crippen LogP contribution in [0.1, 0.15) is 51.1 Å². The van der Waals surface area contributed by atoms with Crippen molar-refractivity contribution < 1.29 is 24.0 Å². The van der Waals surface area contributed by atoms with Crippen LogP contribution in [0.25, 0.3) is 0 Å². The number of para-hydroxylation sites is 2. The van der Waals surface area contributed by atoms with Crippen LogP contribution >= 0.6 is 0 Å². The maximum absolute atomic E-state index is 14.2. The van der Waals surface area contributed by atoms with Crippen LogP contribution in [0.3, 0.4) is 0 Å². The number of benzene rings is 3. The molecule has 2 N–H and O–H groups in total. The van der Waals surface area contributed by atoms with Gasteiger partial charge in [0.1, 0.15) is 6.54 Å². The Labute approximate surface area is 271 Å². The molecule has 1 fully saturated rings. The molecule has 3 heterocycles. The van der Waals surface area contributed by atoms with Gasteiger partial charge in [0, 0.05) is 30.7 Å².